The minimum Gasteiger partial charge on any atom is -0.370 e. The van der Waals surface area contributed by atoms with Crippen LogP contribution in [0.3, 0.4) is 0 Å². The Morgan fingerprint density at radius 2 is 1.68 bits per heavy atom. The van der Waals surface area contributed by atoms with Gasteiger partial charge in [-0.3, -0.25) is 9.59 Å². The van der Waals surface area contributed by atoms with Crippen LogP contribution < -0.4 is 4.90 Å². The van der Waals surface area contributed by atoms with E-state index in [9.17, 15) is 14.0 Å². The van der Waals surface area contributed by atoms with Gasteiger partial charge in [0.15, 0.2) is 0 Å². The van der Waals surface area contributed by atoms with E-state index in [2.05, 4.69) is 4.90 Å². The molecule has 25 heavy (non-hydrogen) atoms. The van der Waals surface area contributed by atoms with Gasteiger partial charge in [0.1, 0.15) is 5.82 Å². The zero-order valence-corrected chi connectivity index (χ0v) is 14.8. The van der Waals surface area contributed by atoms with Crippen molar-refractivity contribution in [2.45, 2.75) is 26.2 Å². The number of piperidine rings is 1. The molecule has 5 nitrogen and oxygen atoms in total. The van der Waals surface area contributed by atoms with Crippen LogP contribution in [-0.2, 0) is 9.59 Å². The molecule has 1 aromatic carbocycles. The van der Waals surface area contributed by atoms with E-state index in [-0.39, 0.29) is 23.5 Å². The van der Waals surface area contributed by atoms with Gasteiger partial charge in [-0.2, -0.15) is 0 Å². The van der Waals surface area contributed by atoms with Crippen LogP contribution in [0.15, 0.2) is 24.3 Å². The zero-order valence-electron chi connectivity index (χ0n) is 14.8. The van der Waals surface area contributed by atoms with Gasteiger partial charge in [0, 0.05) is 51.9 Å². The second kappa shape index (κ2) is 7.85. The average Bonchev–Trinajstić information content (AvgIpc) is 2.88. The lowest BCUT2D eigenvalue weighted by atomic mass is 9.96. The van der Waals surface area contributed by atoms with Crippen LogP contribution in [0.1, 0.15) is 26.2 Å². The number of hydrogen-bond donors (Lipinski definition) is 0. The standard InChI is InChI=1S/C19H26FN3O2/c1-15(24)23-9-2-4-16(14-23)19(25)22-11-3-10-21(12-13-22)18-7-5-17(20)6-8-18/h5-8,16H,2-4,9-14H2,1H3. The Labute approximate surface area is 148 Å². The molecule has 136 valence electrons. The smallest absolute Gasteiger partial charge is 0.227 e. The normalized spacial score (nSPS) is 21.8. The number of likely N-dealkylation sites (tertiary alicyclic amines) is 1. The van der Waals surface area contributed by atoms with Crippen molar-refractivity contribution in [3.63, 3.8) is 0 Å². The van der Waals surface area contributed by atoms with Crippen LogP contribution in [0.5, 0.6) is 0 Å². The third-order valence-electron chi connectivity index (χ3n) is 5.22. The summed E-state index contributed by atoms with van der Waals surface area (Å²) in [5.41, 5.74) is 0.996. The Morgan fingerprint density at radius 3 is 2.40 bits per heavy atom. The van der Waals surface area contributed by atoms with E-state index in [4.69, 9.17) is 0 Å². The molecule has 1 unspecified atom stereocenters. The Morgan fingerprint density at radius 1 is 0.960 bits per heavy atom. The topological polar surface area (TPSA) is 43.9 Å². The van der Waals surface area contributed by atoms with Crippen LogP contribution in [0, 0.1) is 11.7 Å². The van der Waals surface area contributed by atoms with E-state index in [1.54, 1.807) is 24.0 Å². The van der Waals surface area contributed by atoms with Crippen molar-refractivity contribution in [1.29, 1.82) is 0 Å². The lowest BCUT2D eigenvalue weighted by Gasteiger charge is -2.34. The fourth-order valence-electron chi connectivity index (χ4n) is 3.77. The molecular weight excluding hydrogens is 321 g/mol. The van der Waals surface area contributed by atoms with Crippen molar-refractivity contribution in [2.24, 2.45) is 5.92 Å². The quantitative estimate of drug-likeness (QED) is 0.823. The van der Waals surface area contributed by atoms with Crippen molar-refractivity contribution in [2.75, 3.05) is 44.2 Å². The van der Waals surface area contributed by atoms with Crippen LogP contribution in [0.4, 0.5) is 10.1 Å². The maximum absolute atomic E-state index is 13.1. The summed E-state index contributed by atoms with van der Waals surface area (Å²) in [6, 6.07) is 6.53. The molecule has 0 radical (unpaired) electrons. The van der Waals surface area contributed by atoms with Gasteiger partial charge in [-0.25, -0.2) is 4.39 Å². The molecule has 2 heterocycles. The zero-order chi connectivity index (χ0) is 17.8. The molecule has 0 saturated carbocycles. The summed E-state index contributed by atoms with van der Waals surface area (Å²) in [5.74, 6) is -0.0829. The number of carbonyl (C=O) groups is 2. The number of halogens is 1. The second-order valence-corrected chi connectivity index (χ2v) is 6.95. The summed E-state index contributed by atoms with van der Waals surface area (Å²) in [7, 11) is 0. The third kappa shape index (κ3) is 4.30. The number of carbonyl (C=O) groups excluding carboxylic acids is 2. The average molecular weight is 347 g/mol. The van der Waals surface area contributed by atoms with Gasteiger partial charge in [0.05, 0.1) is 5.92 Å². The Hall–Kier alpha value is -2.11. The maximum atomic E-state index is 13.1. The Kier molecular flexibility index (Phi) is 5.56. The largest absolute Gasteiger partial charge is 0.370 e. The monoisotopic (exact) mass is 347 g/mol. The first-order valence-corrected chi connectivity index (χ1v) is 9.09. The van der Waals surface area contributed by atoms with E-state index in [0.29, 0.717) is 13.1 Å². The lowest BCUT2D eigenvalue weighted by Crippen LogP contribution is -2.47. The SMILES string of the molecule is CC(=O)N1CCCC(C(=O)N2CCCN(c3ccc(F)cc3)CC2)C1. The van der Waals surface area contributed by atoms with Crippen molar-refractivity contribution < 1.29 is 14.0 Å². The van der Waals surface area contributed by atoms with Gasteiger partial charge in [-0.15, -0.1) is 0 Å². The molecule has 0 spiro atoms. The van der Waals surface area contributed by atoms with Gasteiger partial charge in [-0.05, 0) is 43.5 Å². The van der Waals surface area contributed by atoms with Crippen LogP contribution in [-0.4, -0.2) is 60.9 Å². The number of nitrogens with zero attached hydrogens (tertiary/aromatic N) is 3. The van der Waals surface area contributed by atoms with Gasteiger partial charge in [0.2, 0.25) is 11.8 Å². The molecule has 3 rings (SSSR count). The fraction of sp³-hybridized carbons (Fsp3) is 0.579. The highest BCUT2D eigenvalue weighted by Crippen LogP contribution is 2.21. The van der Waals surface area contributed by atoms with Crippen molar-refractivity contribution in [1.82, 2.24) is 9.80 Å². The lowest BCUT2D eigenvalue weighted by molar-refractivity contribution is -0.140. The number of amides is 2. The van der Waals surface area contributed by atoms with Gasteiger partial charge < -0.3 is 14.7 Å². The summed E-state index contributed by atoms with van der Waals surface area (Å²) in [6.45, 7) is 5.91. The molecule has 0 bridgehead atoms. The summed E-state index contributed by atoms with van der Waals surface area (Å²) in [5, 5.41) is 0. The van der Waals surface area contributed by atoms with Crippen LogP contribution >= 0.6 is 0 Å². The summed E-state index contributed by atoms with van der Waals surface area (Å²) >= 11 is 0. The molecule has 0 aromatic heterocycles. The van der Waals surface area contributed by atoms with Crippen LogP contribution in [0.25, 0.3) is 0 Å². The van der Waals surface area contributed by atoms with Gasteiger partial charge >= 0.3 is 0 Å². The number of anilines is 1. The fourth-order valence-corrected chi connectivity index (χ4v) is 3.77. The number of benzene rings is 1. The van der Waals surface area contributed by atoms with E-state index < -0.39 is 0 Å². The van der Waals surface area contributed by atoms with Gasteiger partial charge in [-0.1, -0.05) is 0 Å². The van der Waals surface area contributed by atoms with E-state index in [1.165, 1.54) is 12.1 Å². The third-order valence-corrected chi connectivity index (χ3v) is 5.22. The molecule has 2 aliphatic rings. The van der Waals surface area contributed by atoms with E-state index in [1.807, 2.05) is 4.90 Å². The van der Waals surface area contributed by atoms with E-state index >= 15 is 0 Å². The van der Waals surface area contributed by atoms with Crippen molar-refractivity contribution in [3.05, 3.63) is 30.1 Å². The first-order chi connectivity index (χ1) is 12.0. The predicted octanol–water partition coefficient (Wildman–Crippen LogP) is 2.12. The predicted molar refractivity (Wildman–Crippen MR) is 94.8 cm³/mol. The summed E-state index contributed by atoms with van der Waals surface area (Å²) < 4.78 is 13.1. The molecule has 2 saturated heterocycles. The highest BCUT2D eigenvalue weighted by molar-refractivity contribution is 5.81. The highest BCUT2D eigenvalue weighted by atomic mass is 19.1. The molecule has 1 atom stereocenters. The first-order valence-electron chi connectivity index (χ1n) is 9.09. The van der Waals surface area contributed by atoms with Crippen LogP contribution in [0.2, 0.25) is 0 Å². The van der Waals surface area contributed by atoms with E-state index in [0.717, 1.165) is 51.1 Å². The minimum atomic E-state index is -0.234. The number of rotatable bonds is 2. The van der Waals surface area contributed by atoms with Gasteiger partial charge in [0.25, 0.3) is 0 Å². The molecule has 2 amide bonds. The molecule has 1 aromatic rings. The first kappa shape index (κ1) is 17.7. The van der Waals surface area contributed by atoms with Crippen molar-refractivity contribution >= 4 is 17.5 Å². The summed E-state index contributed by atoms with van der Waals surface area (Å²) in [4.78, 5) is 30.4. The molecule has 2 fully saturated rings. The second-order valence-electron chi connectivity index (χ2n) is 6.95. The Balaban J connectivity index is 1.59. The molecular formula is C19H26FN3O2. The van der Waals surface area contributed by atoms with Crippen molar-refractivity contribution in [3.8, 4) is 0 Å². The Bertz CT molecular complexity index is 620. The highest BCUT2D eigenvalue weighted by Gasteiger charge is 2.31. The number of hydrogen-bond acceptors (Lipinski definition) is 3. The molecule has 0 N–H and O–H groups in total. The minimum absolute atomic E-state index is 0.0517. The summed E-state index contributed by atoms with van der Waals surface area (Å²) in [6.07, 6.45) is 2.65. The molecule has 2 aliphatic heterocycles. The molecule has 6 heteroatoms. The maximum Gasteiger partial charge on any atom is 0.227 e. The molecule has 0 aliphatic carbocycles.